The van der Waals surface area contributed by atoms with E-state index in [1.165, 1.54) is 0 Å². The highest BCUT2D eigenvalue weighted by Crippen LogP contribution is 2.21. The largest absolute Gasteiger partial charge is 0.480 e. The van der Waals surface area contributed by atoms with Crippen molar-refractivity contribution >= 4 is 23.8 Å². The van der Waals surface area contributed by atoms with Gasteiger partial charge in [-0.2, -0.15) is 11.8 Å². The maximum atomic E-state index is 11.6. The predicted molar refractivity (Wildman–Crippen MR) is 72.8 cm³/mol. The third kappa shape index (κ3) is 5.16. The monoisotopic (exact) mass is 274 g/mol. The molecule has 1 saturated heterocycles. The third-order valence-corrected chi connectivity index (χ3v) is 4.16. The van der Waals surface area contributed by atoms with Crippen LogP contribution in [-0.4, -0.2) is 41.2 Å². The first-order valence-corrected chi connectivity index (χ1v) is 7.51. The van der Waals surface area contributed by atoms with Crippen LogP contribution < -0.4 is 10.6 Å². The number of rotatable bonds is 5. The molecule has 0 radical (unpaired) electrons. The van der Waals surface area contributed by atoms with Gasteiger partial charge in [-0.05, 0) is 36.2 Å². The lowest BCUT2D eigenvalue weighted by atomic mass is 10.0. The van der Waals surface area contributed by atoms with Crippen molar-refractivity contribution in [2.75, 3.05) is 18.1 Å². The van der Waals surface area contributed by atoms with Crippen LogP contribution in [-0.2, 0) is 4.79 Å². The van der Waals surface area contributed by atoms with Crippen LogP contribution in [0.3, 0.4) is 0 Å². The smallest absolute Gasteiger partial charge is 0.326 e. The van der Waals surface area contributed by atoms with Gasteiger partial charge in [0.15, 0.2) is 0 Å². The van der Waals surface area contributed by atoms with E-state index in [4.69, 9.17) is 5.11 Å². The average Bonchev–Trinajstić information content (AvgIpc) is 2.34. The Morgan fingerprint density at radius 1 is 1.33 bits per heavy atom. The van der Waals surface area contributed by atoms with Crippen molar-refractivity contribution in [2.24, 2.45) is 11.8 Å². The molecular weight excluding hydrogens is 252 g/mol. The molecule has 6 heteroatoms. The van der Waals surface area contributed by atoms with Crippen molar-refractivity contribution in [2.45, 2.75) is 32.7 Å². The fourth-order valence-corrected chi connectivity index (χ4v) is 3.10. The van der Waals surface area contributed by atoms with Crippen molar-refractivity contribution in [1.82, 2.24) is 10.6 Å². The van der Waals surface area contributed by atoms with E-state index in [2.05, 4.69) is 10.6 Å². The maximum absolute atomic E-state index is 11.6. The summed E-state index contributed by atoms with van der Waals surface area (Å²) in [6.07, 6.45) is 2.25. The molecule has 0 aromatic carbocycles. The summed E-state index contributed by atoms with van der Waals surface area (Å²) < 4.78 is 0. The molecule has 0 bridgehead atoms. The van der Waals surface area contributed by atoms with Gasteiger partial charge in [0.2, 0.25) is 0 Å². The number of carbonyl (C=O) groups excluding carboxylic acids is 1. The van der Waals surface area contributed by atoms with Crippen LogP contribution in [0.2, 0.25) is 0 Å². The number of hydrogen-bond donors (Lipinski definition) is 3. The highest BCUT2D eigenvalue weighted by molar-refractivity contribution is 7.99. The van der Waals surface area contributed by atoms with Crippen LogP contribution in [0.5, 0.6) is 0 Å². The van der Waals surface area contributed by atoms with Gasteiger partial charge in [-0.3, -0.25) is 0 Å². The molecule has 1 aliphatic rings. The number of nitrogens with one attached hydrogen (secondary N) is 2. The van der Waals surface area contributed by atoms with E-state index >= 15 is 0 Å². The van der Waals surface area contributed by atoms with Crippen LogP contribution in [0.25, 0.3) is 0 Å². The van der Waals surface area contributed by atoms with Crippen LogP contribution in [0, 0.1) is 11.8 Å². The summed E-state index contributed by atoms with van der Waals surface area (Å²) in [5.74, 6) is 1.71. The van der Waals surface area contributed by atoms with Crippen LogP contribution in [0.1, 0.15) is 26.7 Å². The summed E-state index contributed by atoms with van der Waals surface area (Å²) >= 11 is 1.95. The van der Waals surface area contributed by atoms with Gasteiger partial charge in [0.1, 0.15) is 6.04 Å². The lowest BCUT2D eigenvalue weighted by molar-refractivity contribution is -0.140. The molecule has 104 valence electrons. The summed E-state index contributed by atoms with van der Waals surface area (Å²) in [7, 11) is 0. The minimum Gasteiger partial charge on any atom is -0.480 e. The van der Waals surface area contributed by atoms with Crippen LogP contribution in [0.4, 0.5) is 4.79 Å². The Bertz CT molecular complexity index is 291. The zero-order valence-corrected chi connectivity index (χ0v) is 11.8. The molecule has 1 rings (SSSR count). The molecule has 1 atom stereocenters. The van der Waals surface area contributed by atoms with E-state index in [0.717, 1.165) is 24.3 Å². The number of carboxylic acid groups (broad SMARTS) is 1. The van der Waals surface area contributed by atoms with Gasteiger partial charge in [-0.1, -0.05) is 13.8 Å². The lowest BCUT2D eigenvalue weighted by Gasteiger charge is -2.23. The molecule has 1 aliphatic heterocycles. The first-order chi connectivity index (χ1) is 8.50. The second-order valence-corrected chi connectivity index (χ2v) is 6.19. The molecule has 18 heavy (non-hydrogen) atoms. The zero-order chi connectivity index (χ0) is 13.5. The SMILES string of the molecule is CC(C)C(NC(=O)NCC1CCSCC1)C(=O)O. The standard InChI is InChI=1S/C12H22N2O3S/c1-8(2)10(11(15)16)14-12(17)13-7-9-3-5-18-6-4-9/h8-10H,3-7H2,1-2H3,(H,15,16)(H2,13,14,17). The van der Waals surface area contributed by atoms with Gasteiger partial charge in [0.25, 0.3) is 0 Å². The number of aliphatic carboxylic acids is 1. The van der Waals surface area contributed by atoms with Gasteiger partial charge in [0, 0.05) is 6.54 Å². The summed E-state index contributed by atoms with van der Waals surface area (Å²) in [4.78, 5) is 22.6. The molecule has 2 amide bonds. The number of hydrogen-bond acceptors (Lipinski definition) is 3. The van der Waals surface area contributed by atoms with E-state index < -0.39 is 12.0 Å². The number of carbonyl (C=O) groups is 2. The van der Waals surface area contributed by atoms with Gasteiger partial charge in [0.05, 0.1) is 0 Å². The summed E-state index contributed by atoms with van der Waals surface area (Å²) in [5.41, 5.74) is 0. The fraction of sp³-hybridized carbons (Fsp3) is 0.833. The Balaban J connectivity index is 2.29. The van der Waals surface area contributed by atoms with E-state index in [9.17, 15) is 9.59 Å². The van der Waals surface area contributed by atoms with Crippen molar-refractivity contribution in [3.63, 3.8) is 0 Å². The molecular formula is C12H22N2O3S. The first-order valence-electron chi connectivity index (χ1n) is 6.35. The number of urea groups is 1. The van der Waals surface area contributed by atoms with E-state index in [0.29, 0.717) is 12.5 Å². The normalized spacial score (nSPS) is 18.4. The van der Waals surface area contributed by atoms with Gasteiger partial charge in [-0.25, -0.2) is 9.59 Å². The Labute approximate surface area is 112 Å². The van der Waals surface area contributed by atoms with Crippen molar-refractivity contribution in [3.8, 4) is 0 Å². The van der Waals surface area contributed by atoms with Gasteiger partial charge in [-0.15, -0.1) is 0 Å². The first kappa shape index (κ1) is 15.1. The molecule has 0 aromatic rings. The quantitative estimate of drug-likeness (QED) is 0.710. The van der Waals surface area contributed by atoms with Gasteiger partial charge < -0.3 is 15.7 Å². The highest BCUT2D eigenvalue weighted by Gasteiger charge is 2.23. The Morgan fingerprint density at radius 2 is 1.94 bits per heavy atom. The predicted octanol–water partition coefficient (Wildman–Crippen LogP) is 1.54. The van der Waals surface area contributed by atoms with E-state index in [1.54, 1.807) is 13.8 Å². The molecule has 0 aromatic heterocycles. The van der Waals surface area contributed by atoms with Crippen LogP contribution >= 0.6 is 11.8 Å². The second kappa shape index (κ2) is 7.51. The Kier molecular flexibility index (Phi) is 6.32. The summed E-state index contributed by atoms with van der Waals surface area (Å²) in [6, 6.07) is -1.21. The Morgan fingerprint density at radius 3 is 2.44 bits per heavy atom. The van der Waals surface area contributed by atoms with Gasteiger partial charge >= 0.3 is 12.0 Å². The number of thioether (sulfide) groups is 1. The van der Waals surface area contributed by atoms with Crippen LogP contribution in [0.15, 0.2) is 0 Å². The minimum atomic E-state index is -0.991. The molecule has 5 nitrogen and oxygen atoms in total. The fourth-order valence-electron chi connectivity index (χ4n) is 1.89. The molecule has 1 fully saturated rings. The lowest BCUT2D eigenvalue weighted by Crippen LogP contribution is -2.49. The average molecular weight is 274 g/mol. The topological polar surface area (TPSA) is 78.4 Å². The van der Waals surface area contributed by atoms with E-state index in [1.807, 2.05) is 11.8 Å². The molecule has 0 aliphatic carbocycles. The molecule has 1 unspecified atom stereocenters. The molecule has 0 spiro atoms. The van der Waals surface area contributed by atoms with Crippen molar-refractivity contribution in [1.29, 1.82) is 0 Å². The highest BCUT2D eigenvalue weighted by atomic mass is 32.2. The zero-order valence-electron chi connectivity index (χ0n) is 10.9. The summed E-state index contributed by atoms with van der Waals surface area (Å²) in [6.45, 7) is 4.19. The Hall–Kier alpha value is -0.910. The van der Waals surface area contributed by atoms with Crippen molar-refractivity contribution in [3.05, 3.63) is 0 Å². The molecule has 1 heterocycles. The van der Waals surface area contributed by atoms with Crippen molar-refractivity contribution < 1.29 is 14.7 Å². The second-order valence-electron chi connectivity index (χ2n) is 4.97. The minimum absolute atomic E-state index is 0.126. The number of amides is 2. The molecule has 3 N–H and O–H groups in total. The maximum Gasteiger partial charge on any atom is 0.326 e. The third-order valence-electron chi connectivity index (χ3n) is 3.11. The summed E-state index contributed by atoms with van der Waals surface area (Å²) in [5, 5.41) is 14.2. The molecule has 0 saturated carbocycles. The van der Waals surface area contributed by atoms with E-state index in [-0.39, 0.29) is 11.9 Å². The number of carboxylic acids is 1.